The molecule has 5 heteroatoms. The zero-order valence-corrected chi connectivity index (χ0v) is 17.2. The fourth-order valence-corrected chi connectivity index (χ4v) is 3.58. The number of benzene rings is 2. The molecule has 0 N–H and O–H groups in total. The second kappa shape index (κ2) is 10.7. The molecule has 2 aromatic carbocycles. The summed E-state index contributed by atoms with van der Waals surface area (Å²) in [5.41, 5.74) is 2.41. The van der Waals surface area contributed by atoms with E-state index in [4.69, 9.17) is 9.47 Å². The third-order valence-electron chi connectivity index (χ3n) is 5.15. The van der Waals surface area contributed by atoms with E-state index in [0.717, 1.165) is 51.1 Å². The van der Waals surface area contributed by atoms with Gasteiger partial charge < -0.3 is 14.4 Å². The second-order valence-electron chi connectivity index (χ2n) is 7.26. The fraction of sp³-hybridized carbons (Fsp3) is 0.375. The maximum absolute atomic E-state index is 12.7. The standard InChI is InChI=1S/C24H30N2O3/c1-3-8-20-11-12-22(23(17-20)28-2)29-19-24(27)26-14-7-13-25(15-16-26)18-21-9-5-4-6-10-21/h3-6,9-12,17H,1,7-8,13-16,18-19H2,2H3. The Morgan fingerprint density at radius 2 is 1.86 bits per heavy atom. The third kappa shape index (κ3) is 6.09. The van der Waals surface area contributed by atoms with Crippen LogP contribution in [0.5, 0.6) is 11.5 Å². The van der Waals surface area contributed by atoms with Crippen LogP contribution in [0.25, 0.3) is 0 Å². The molecule has 1 aliphatic rings. The van der Waals surface area contributed by atoms with Gasteiger partial charge in [0.2, 0.25) is 0 Å². The van der Waals surface area contributed by atoms with Gasteiger partial charge in [-0.3, -0.25) is 9.69 Å². The van der Waals surface area contributed by atoms with Crippen LogP contribution in [0, 0.1) is 0 Å². The topological polar surface area (TPSA) is 42.0 Å². The lowest BCUT2D eigenvalue weighted by atomic mass is 10.1. The highest BCUT2D eigenvalue weighted by atomic mass is 16.5. The fourth-order valence-electron chi connectivity index (χ4n) is 3.58. The molecule has 1 aliphatic heterocycles. The van der Waals surface area contributed by atoms with Crippen molar-refractivity contribution in [3.63, 3.8) is 0 Å². The largest absolute Gasteiger partial charge is 0.493 e. The minimum atomic E-state index is 0.0174. The number of amides is 1. The highest BCUT2D eigenvalue weighted by Crippen LogP contribution is 2.28. The third-order valence-corrected chi connectivity index (χ3v) is 5.15. The lowest BCUT2D eigenvalue weighted by molar-refractivity contribution is -0.133. The average molecular weight is 395 g/mol. The Labute approximate surface area is 173 Å². The number of nitrogens with zero attached hydrogens (tertiary/aromatic N) is 2. The molecule has 0 atom stereocenters. The monoisotopic (exact) mass is 394 g/mol. The Balaban J connectivity index is 1.51. The van der Waals surface area contributed by atoms with Crippen LogP contribution in [-0.2, 0) is 17.8 Å². The number of rotatable bonds is 8. The van der Waals surface area contributed by atoms with Crippen molar-refractivity contribution in [2.75, 3.05) is 39.9 Å². The second-order valence-corrected chi connectivity index (χ2v) is 7.26. The van der Waals surface area contributed by atoms with Gasteiger partial charge in [0.1, 0.15) is 0 Å². The van der Waals surface area contributed by atoms with Crippen molar-refractivity contribution in [2.45, 2.75) is 19.4 Å². The SMILES string of the molecule is C=CCc1ccc(OCC(=O)N2CCCN(Cc3ccccc3)CC2)c(OC)c1. The number of methoxy groups -OCH3 is 1. The van der Waals surface area contributed by atoms with E-state index in [0.29, 0.717) is 11.5 Å². The Kier molecular flexibility index (Phi) is 7.70. The molecule has 0 aromatic heterocycles. The van der Waals surface area contributed by atoms with Gasteiger partial charge in [-0.15, -0.1) is 6.58 Å². The van der Waals surface area contributed by atoms with Crippen LogP contribution in [0.4, 0.5) is 0 Å². The molecular formula is C24H30N2O3. The molecule has 154 valence electrons. The number of allylic oxidation sites excluding steroid dienone is 1. The van der Waals surface area contributed by atoms with Gasteiger partial charge in [0.25, 0.3) is 5.91 Å². The predicted molar refractivity (Wildman–Crippen MR) is 115 cm³/mol. The van der Waals surface area contributed by atoms with E-state index in [1.165, 1.54) is 5.56 Å². The van der Waals surface area contributed by atoms with Crippen LogP contribution < -0.4 is 9.47 Å². The van der Waals surface area contributed by atoms with Crippen LogP contribution in [0.15, 0.2) is 61.2 Å². The number of hydrogen-bond acceptors (Lipinski definition) is 4. The van der Waals surface area contributed by atoms with Crippen LogP contribution in [0.3, 0.4) is 0 Å². The predicted octanol–water partition coefficient (Wildman–Crippen LogP) is 3.54. The molecule has 1 saturated heterocycles. The summed E-state index contributed by atoms with van der Waals surface area (Å²) in [4.78, 5) is 17.0. The summed E-state index contributed by atoms with van der Waals surface area (Å²) in [5, 5.41) is 0. The van der Waals surface area contributed by atoms with Gasteiger partial charge in [0, 0.05) is 32.7 Å². The first-order valence-corrected chi connectivity index (χ1v) is 10.1. The van der Waals surface area contributed by atoms with E-state index in [-0.39, 0.29) is 12.5 Å². The molecule has 2 aromatic rings. The average Bonchev–Trinajstić information content (AvgIpc) is 2.99. The zero-order valence-electron chi connectivity index (χ0n) is 17.2. The molecule has 3 rings (SSSR count). The number of ether oxygens (including phenoxy) is 2. The van der Waals surface area contributed by atoms with Gasteiger partial charge in [-0.1, -0.05) is 42.5 Å². The van der Waals surface area contributed by atoms with Crippen molar-refractivity contribution in [1.82, 2.24) is 9.80 Å². The first-order valence-electron chi connectivity index (χ1n) is 10.1. The first kappa shape index (κ1) is 20.9. The van der Waals surface area contributed by atoms with E-state index >= 15 is 0 Å². The Morgan fingerprint density at radius 1 is 1.03 bits per heavy atom. The summed E-state index contributed by atoms with van der Waals surface area (Å²) in [6, 6.07) is 16.2. The molecule has 5 nitrogen and oxygen atoms in total. The van der Waals surface area contributed by atoms with Gasteiger partial charge in [-0.05, 0) is 36.1 Å². The van der Waals surface area contributed by atoms with Crippen molar-refractivity contribution in [3.8, 4) is 11.5 Å². The Bertz CT molecular complexity index is 807. The normalized spacial score (nSPS) is 14.9. The number of carbonyl (C=O) groups is 1. The number of hydrogen-bond donors (Lipinski definition) is 0. The lowest BCUT2D eigenvalue weighted by Gasteiger charge is -2.22. The van der Waals surface area contributed by atoms with Gasteiger partial charge in [-0.25, -0.2) is 0 Å². The van der Waals surface area contributed by atoms with E-state index in [9.17, 15) is 4.79 Å². The van der Waals surface area contributed by atoms with Crippen LogP contribution in [-0.4, -0.2) is 55.6 Å². The van der Waals surface area contributed by atoms with E-state index in [1.54, 1.807) is 7.11 Å². The Hall–Kier alpha value is -2.79. The summed E-state index contributed by atoms with van der Waals surface area (Å²) in [6.45, 7) is 8.07. The summed E-state index contributed by atoms with van der Waals surface area (Å²) in [6.07, 6.45) is 3.58. The summed E-state index contributed by atoms with van der Waals surface area (Å²) in [5.74, 6) is 1.25. The van der Waals surface area contributed by atoms with Gasteiger partial charge in [0.05, 0.1) is 7.11 Å². The maximum Gasteiger partial charge on any atom is 0.260 e. The summed E-state index contributed by atoms with van der Waals surface area (Å²) in [7, 11) is 1.61. The Morgan fingerprint density at radius 3 is 2.62 bits per heavy atom. The van der Waals surface area contributed by atoms with E-state index < -0.39 is 0 Å². The minimum absolute atomic E-state index is 0.0174. The molecule has 1 fully saturated rings. The van der Waals surface area contributed by atoms with E-state index in [1.807, 2.05) is 35.2 Å². The molecule has 0 unspecified atom stereocenters. The summed E-state index contributed by atoms with van der Waals surface area (Å²) < 4.78 is 11.2. The minimum Gasteiger partial charge on any atom is -0.493 e. The molecule has 0 bridgehead atoms. The zero-order chi connectivity index (χ0) is 20.5. The van der Waals surface area contributed by atoms with Crippen LogP contribution in [0.1, 0.15) is 17.5 Å². The molecule has 0 radical (unpaired) electrons. The molecule has 1 amide bonds. The molecule has 0 saturated carbocycles. The van der Waals surface area contributed by atoms with Crippen molar-refractivity contribution in [2.24, 2.45) is 0 Å². The van der Waals surface area contributed by atoms with Crippen molar-refractivity contribution >= 4 is 5.91 Å². The smallest absolute Gasteiger partial charge is 0.260 e. The number of carbonyl (C=O) groups excluding carboxylic acids is 1. The molecular weight excluding hydrogens is 364 g/mol. The first-order chi connectivity index (χ1) is 14.2. The van der Waals surface area contributed by atoms with Crippen molar-refractivity contribution in [1.29, 1.82) is 0 Å². The maximum atomic E-state index is 12.7. The van der Waals surface area contributed by atoms with Crippen LogP contribution in [0.2, 0.25) is 0 Å². The van der Waals surface area contributed by atoms with Crippen LogP contribution >= 0.6 is 0 Å². The molecule has 0 aliphatic carbocycles. The van der Waals surface area contributed by atoms with Crippen molar-refractivity contribution < 1.29 is 14.3 Å². The van der Waals surface area contributed by atoms with E-state index in [2.05, 4.69) is 35.7 Å². The highest BCUT2D eigenvalue weighted by molar-refractivity contribution is 5.78. The molecule has 29 heavy (non-hydrogen) atoms. The summed E-state index contributed by atoms with van der Waals surface area (Å²) >= 11 is 0. The lowest BCUT2D eigenvalue weighted by Crippen LogP contribution is -2.38. The van der Waals surface area contributed by atoms with Crippen molar-refractivity contribution in [3.05, 3.63) is 72.3 Å². The van der Waals surface area contributed by atoms with Gasteiger partial charge in [-0.2, -0.15) is 0 Å². The van der Waals surface area contributed by atoms with Gasteiger partial charge in [0.15, 0.2) is 18.1 Å². The quantitative estimate of drug-likeness (QED) is 0.643. The molecule has 0 spiro atoms. The molecule has 1 heterocycles. The van der Waals surface area contributed by atoms with Gasteiger partial charge >= 0.3 is 0 Å². The highest BCUT2D eigenvalue weighted by Gasteiger charge is 2.20.